The lowest BCUT2D eigenvalue weighted by molar-refractivity contribution is -0.384. The normalized spacial score (nSPS) is 12.8. The molecule has 130 valence electrons. The van der Waals surface area contributed by atoms with Crippen molar-refractivity contribution in [2.24, 2.45) is 0 Å². The van der Waals surface area contributed by atoms with Gasteiger partial charge in [0.2, 0.25) is 0 Å². The fraction of sp³-hybridized carbons (Fsp3) is 0.188. The summed E-state index contributed by atoms with van der Waals surface area (Å²) < 4.78 is 18.8. The third kappa shape index (κ3) is 3.48. The maximum Gasteiger partial charge on any atom is 0.296 e. The molecule has 0 fully saturated rings. The molecule has 1 amide bonds. The standard InChI is InChI=1S/C16H13ClFN3O4/c1-20(7-9-2-3-10(17)11(18)4-9)13-5-12-15(6-14(13)21(23)24)25-8-16(22)19-12/h2-6H,7-8H2,1H3,(H,19,22). The summed E-state index contributed by atoms with van der Waals surface area (Å²) in [6, 6.07) is 7.07. The van der Waals surface area contributed by atoms with Crippen LogP contribution < -0.4 is 15.0 Å². The number of halogens is 2. The van der Waals surface area contributed by atoms with Crippen LogP contribution in [0.5, 0.6) is 5.75 Å². The second kappa shape index (κ2) is 6.56. The van der Waals surface area contributed by atoms with Gasteiger partial charge in [-0.2, -0.15) is 0 Å². The van der Waals surface area contributed by atoms with Crippen molar-refractivity contribution in [1.82, 2.24) is 0 Å². The first kappa shape index (κ1) is 17.0. The predicted octanol–water partition coefficient (Wildman–Crippen LogP) is 3.35. The second-order valence-corrected chi connectivity index (χ2v) is 5.94. The monoisotopic (exact) mass is 365 g/mol. The fourth-order valence-corrected chi connectivity index (χ4v) is 2.67. The Morgan fingerprint density at radius 3 is 2.84 bits per heavy atom. The number of benzene rings is 2. The zero-order valence-corrected chi connectivity index (χ0v) is 13.8. The minimum Gasteiger partial charge on any atom is -0.481 e. The molecule has 7 nitrogen and oxygen atoms in total. The molecular formula is C16H13ClFN3O4. The molecule has 0 spiro atoms. The van der Waals surface area contributed by atoms with Crippen LogP contribution in [0.25, 0.3) is 0 Å². The predicted molar refractivity (Wildman–Crippen MR) is 90.7 cm³/mol. The van der Waals surface area contributed by atoms with Crippen LogP contribution in [-0.2, 0) is 11.3 Å². The van der Waals surface area contributed by atoms with Gasteiger partial charge in [0.1, 0.15) is 11.5 Å². The molecule has 1 aliphatic rings. The van der Waals surface area contributed by atoms with Crippen molar-refractivity contribution < 1.29 is 18.8 Å². The third-order valence-corrected chi connectivity index (χ3v) is 4.03. The molecule has 0 radical (unpaired) electrons. The molecule has 1 heterocycles. The number of anilines is 2. The van der Waals surface area contributed by atoms with Crippen molar-refractivity contribution in [1.29, 1.82) is 0 Å². The zero-order valence-electron chi connectivity index (χ0n) is 13.1. The van der Waals surface area contributed by atoms with E-state index >= 15 is 0 Å². The van der Waals surface area contributed by atoms with Crippen molar-refractivity contribution in [3.8, 4) is 5.75 Å². The quantitative estimate of drug-likeness (QED) is 0.663. The van der Waals surface area contributed by atoms with Gasteiger partial charge in [-0.15, -0.1) is 0 Å². The van der Waals surface area contributed by atoms with Crippen molar-refractivity contribution in [3.63, 3.8) is 0 Å². The van der Waals surface area contributed by atoms with Gasteiger partial charge >= 0.3 is 0 Å². The number of hydrogen-bond acceptors (Lipinski definition) is 5. The summed E-state index contributed by atoms with van der Waals surface area (Å²) in [4.78, 5) is 23.9. The van der Waals surface area contributed by atoms with Gasteiger partial charge < -0.3 is 15.0 Å². The van der Waals surface area contributed by atoms with E-state index in [1.807, 2.05) is 0 Å². The Bertz CT molecular complexity index is 875. The maximum atomic E-state index is 13.6. The van der Waals surface area contributed by atoms with Gasteiger partial charge in [-0.1, -0.05) is 17.7 Å². The molecule has 2 aromatic rings. The van der Waals surface area contributed by atoms with Crippen LogP contribution in [-0.4, -0.2) is 24.5 Å². The molecule has 9 heteroatoms. The summed E-state index contributed by atoms with van der Waals surface area (Å²) in [6.45, 7) is 0.0198. The first-order valence-corrected chi connectivity index (χ1v) is 7.63. The van der Waals surface area contributed by atoms with Crippen LogP contribution in [0.2, 0.25) is 5.02 Å². The molecule has 25 heavy (non-hydrogen) atoms. The summed E-state index contributed by atoms with van der Waals surface area (Å²) in [7, 11) is 1.63. The largest absolute Gasteiger partial charge is 0.481 e. The molecule has 0 atom stereocenters. The highest BCUT2D eigenvalue weighted by atomic mass is 35.5. The summed E-state index contributed by atoms with van der Waals surface area (Å²) in [5.41, 5.74) is 1.04. The molecular weight excluding hydrogens is 353 g/mol. The topological polar surface area (TPSA) is 84.7 Å². The van der Waals surface area contributed by atoms with Crippen molar-refractivity contribution >= 4 is 34.6 Å². The van der Waals surface area contributed by atoms with E-state index in [0.717, 1.165) is 0 Å². The number of hydrogen-bond donors (Lipinski definition) is 1. The van der Waals surface area contributed by atoms with Crippen LogP contribution in [0.15, 0.2) is 30.3 Å². The highest BCUT2D eigenvalue weighted by molar-refractivity contribution is 6.30. The Morgan fingerprint density at radius 1 is 1.40 bits per heavy atom. The van der Waals surface area contributed by atoms with Crippen LogP contribution in [0.1, 0.15) is 5.56 Å². The lowest BCUT2D eigenvalue weighted by Gasteiger charge is -2.23. The Morgan fingerprint density at radius 2 is 2.16 bits per heavy atom. The SMILES string of the molecule is CN(Cc1ccc(Cl)c(F)c1)c1cc2c(cc1[N+](=O)[O-])OCC(=O)N2. The molecule has 0 saturated heterocycles. The summed E-state index contributed by atoms with van der Waals surface area (Å²) in [5, 5.41) is 14.0. The van der Waals surface area contributed by atoms with E-state index in [4.69, 9.17) is 16.3 Å². The highest BCUT2D eigenvalue weighted by Crippen LogP contribution is 2.39. The number of nitro benzene ring substituents is 1. The minimum atomic E-state index is -0.562. The Kier molecular flexibility index (Phi) is 4.45. The highest BCUT2D eigenvalue weighted by Gasteiger charge is 2.25. The number of rotatable bonds is 4. The lowest BCUT2D eigenvalue weighted by atomic mass is 10.1. The summed E-state index contributed by atoms with van der Waals surface area (Å²) >= 11 is 5.66. The number of nitro groups is 1. The number of carbonyl (C=O) groups excluding carboxylic acids is 1. The van der Waals surface area contributed by atoms with E-state index < -0.39 is 10.7 Å². The average Bonchev–Trinajstić information content (AvgIpc) is 2.56. The van der Waals surface area contributed by atoms with Crippen LogP contribution in [0.4, 0.5) is 21.5 Å². The van der Waals surface area contributed by atoms with E-state index in [-0.39, 0.29) is 41.2 Å². The average molecular weight is 366 g/mol. The van der Waals surface area contributed by atoms with E-state index in [0.29, 0.717) is 11.3 Å². The van der Waals surface area contributed by atoms with Crippen LogP contribution in [0, 0.1) is 15.9 Å². The molecule has 0 unspecified atom stereocenters. The van der Waals surface area contributed by atoms with Gasteiger partial charge in [0.25, 0.3) is 11.6 Å². The zero-order chi connectivity index (χ0) is 18.1. The van der Waals surface area contributed by atoms with E-state index in [9.17, 15) is 19.3 Å². The lowest BCUT2D eigenvalue weighted by Crippen LogP contribution is -2.26. The number of ether oxygens (including phenoxy) is 1. The van der Waals surface area contributed by atoms with E-state index in [2.05, 4.69) is 5.32 Å². The van der Waals surface area contributed by atoms with Gasteiger partial charge in [-0.25, -0.2) is 4.39 Å². The Labute approximate surface area is 147 Å². The number of nitrogens with one attached hydrogen (secondary N) is 1. The summed E-state index contributed by atoms with van der Waals surface area (Å²) in [6.07, 6.45) is 0. The van der Waals surface area contributed by atoms with Gasteiger partial charge in [-0.3, -0.25) is 14.9 Å². The molecule has 1 N–H and O–H groups in total. The third-order valence-electron chi connectivity index (χ3n) is 3.72. The molecule has 0 aromatic heterocycles. The molecule has 3 rings (SSSR count). The van der Waals surface area contributed by atoms with E-state index in [1.54, 1.807) is 18.0 Å². The number of nitrogens with zero attached hydrogens (tertiary/aromatic N) is 2. The first-order valence-electron chi connectivity index (χ1n) is 7.25. The Balaban J connectivity index is 1.96. The summed E-state index contributed by atoms with van der Waals surface area (Å²) in [5.74, 6) is -0.663. The number of fused-ring (bicyclic) bond motifs is 1. The van der Waals surface area contributed by atoms with Gasteiger partial charge in [-0.05, 0) is 23.8 Å². The minimum absolute atomic E-state index is 0.00558. The Hall–Kier alpha value is -2.87. The smallest absolute Gasteiger partial charge is 0.296 e. The second-order valence-electron chi connectivity index (χ2n) is 5.54. The van der Waals surface area contributed by atoms with E-state index in [1.165, 1.54) is 24.3 Å². The van der Waals surface area contributed by atoms with Crippen LogP contribution in [0.3, 0.4) is 0 Å². The molecule has 0 aliphatic carbocycles. The van der Waals surface area contributed by atoms with Crippen molar-refractivity contribution in [2.75, 3.05) is 23.9 Å². The van der Waals surface area contributed by atoms with Crippen molar-refractivity contribution in [2.45, 2.75) is 6.54 Å². The van der Waals surface area contributed by atoms with Gasteiger partial charge in [0, 0.05) is 13.6 Å². The van der Waals surface area contributed by atoms with Crippen molar-refractivity contribution in [3.05, 3.63) is 56.8 Å². The first-order chi connectivity index (χ1) is 11.8. The fourth-order valence-electron chi connectivity index (χ4n) is 2.55. The maximum absolute atomic E-state index is 13.6. The van der Waals surface area contributed by atoms with Gasteiger partial charge in [0.05, 0.1) is 21.7 Å². The number of amides is 1. The molecule has 0 saturated carbocycles. The van der Waals surface area contributed by atoms with Gasteiger partial charge in [0.15, 0.2) is 12.4 Å². The molecule has 2 aromatic carbocycles. The molecule has 1 aliphatic heterocycles. The number of carbonyl (C=O) groups is 1. The van der Waals surface area contributed by atoms with Crippen LogP contribution >= 0.6 is 11.6 Å². The molecule has 0 bridgehead atoms.